The second-order valence-electron chi connectivity index (χ2n) is 4.46. The molecule has 114 valence electrons. The first-order valence-electron chi connectivity index (χ1n) is 6.05. The van der Waals surface area contributed by atoms with Gasteiger partial charge < -0.3 is 9.64 Å². The lowest BCUT2D eigenvalue weighted by molar-refractivity contribution is -0.137. The molecule has 0 N–H and O–H groups in total. The van der Waals surface area contributed by atoms with Gasteiger partial charge in [-0.05, 0) is 18.6 Å². The van der Waals surface area contributed by atoms with Crippen molar-refractivity contribution in [1.82, 2.24) is 0 Å². The number of rotatable bonds is 2. The Kier molecular flexibility index (Phi) is 3.89. The minimum atomic E-state index is -4.84. The van der Waals surface area contributed by atoms with Crippen LogP contribution in [0.25, 0.3) is 0 Å². The smallest absolute Gasteiger partial charge is 0.418 e. The Labute approximate surface area is 117 Å². The van der Waals surface area contributed by atoms with E-state index in [1.807, 2.05) is 0 Å². The monoisotopic (exact) mass is 305 g/mol. The Morgan fingerprint density at radius 2 is 2.00 bits per heavy atom. The summed E-state index contributed by atoms with van der Waals surface area (Å²) in [6.07, 6.45) is -4.47. The molecule has 0 aromatic heterocycles. The lowest BCUT2D eigenvalue weighted by Crippen LogP contribution is -2.29. The number of amides is 1. The lowest BCUT2D eigenvalue weighted by atomic mass is 10.1. The van der Waals surface area contributed by atoms with Gasteiger partial charge in [0.25, 0.3) is 0 Å². The standard InChI is InChI=1S/C13H11F4NO3/c1-21-12(20)7-4-5-8(13(15,16)17)11(10(7)14)18-6-2-3-9(18)19/h4-5H,2-3,6H2,1H3. The van der Waals surface area contributed by atoms with Crippen molar-refractivity contribution in [1.29, 1.82) is 0 Å². The van der Waals surface area contributed by atoms with Crippen LogP contribution in [-0.2, 0) is 15.7 Å². The molecule has 0 unspecified atom stereocenters. The first-order chi connectivity index (χ1) is 9.77. The second-order valence-corrected chi connectivity index (χ2v) is 4.46. The predicted octanol–water partition coefficient (Wildman–Crippen LogP) is 2.76. The molecule has 2 rings (SSSR count). The molecule has 1 heterocycles. The largest absolute Gasteiger partial charge is 0.465 e. The summed E-state index contributed by atoms with van der Waals surface area (Å²) in [5, 5.41) is 0. The average molecular weight is 305 g/mol. The normalized spacial score (nSPS) is 15.5. The van der Waals surface area contributed by atoms with Crippen LogP contribution in [0.2, 0.25) is 0 Å². The highest BCUT2D eigenvalue weighted by molar-refractivity contribution is 5.98. The van der Waals surface area contributed by atoms with E-state index in [0.29, 0.717) is 18.6 Å². The Bertz CT molecular complexity index is 598. The molecule has 0 atom stereocenters. The van der Waals surface area contributed by atoms with E-state index in [2.05, 4.69) is 4.74 Å². The lowest BCUT2D eigenvalue weighted by Gasteiger charge is -2.22. The van der Waals surface area contributed by atoms with Gasteiger partial charge in [0.15, 0.2) is 5.82 Å². The van der Waals surface area contributed by atoms with Crippen LogP contribution in [0.1, 0.15) is 28.8 Å². The molecule has 4 nitrogen and oxygen atoms in total. The quantitative estimate of drug-likeness (QED) is 0.623. The molecular formula is C13H11F4NO3. The highest BCUT2D eigenvalue weighted by atomic mass is 19.4. The van der Waals surface area contributed by atoms with Gasteiger partial charge >= 0.3 is 12.1 Å². The second kappa shape index (κ2) is 5.34. The first kappa shape index (κ1) is 15.3. The number of halogens is 4. The average Bonchev–Trinajstić information content (AvgIpc) is 2.82. The number of alkyl halides is 3. The molecule has 1 aromatic rings. The van der Waals surface area contributed by atoms with Crippen LogP contribution < -0.4 is 4.90 Å². The number of benzene rings is 1. The molecule has 1 aliphatic rings. The van der Waals surface area contributed by atoms with E-state index in [4.69, 9.17) is 0 Å². The summed E-state index contributed by atoms with van der Waals surface area (Å²) < 4.78 is 57.7. The van der Waals surface area contributed by atoms with Gasteiger partial charge in [-0.25, -0.2) is 9.18 Å². The highest BCUT2D eigenvalue weighted by Crippen LogP contribution is 2.40. The summed E-state index contributed by atoms with van der Waals surface area (Å²) in [6.45, 7) is -0.0243. The maximum atomic E-state index is 14.3. The SMILES string of the molecule is COC(=O)c1ccc(C(F)(F)F)c(N2CCCC2=O)c1F. The highest BCUT2D eigenvalue weighted by Gasteiger charge is 2.40. The molecule has 0 spiro atoms. The zero-order valence-corrected chi connectivity index (χ0v) is 11.0. The number of anilines is 1. The van der Waals surface area contributed by atoms with Gasteiger partial charge in [-0.1, -0.05) is 0 Å². The van der Waals surface area contributed by atoms with Crippen LogP contribution in [-0.4, -0.2) is 25.5 Å². The van der Waals surface area contributed by atoms with Crippen molar-refractivity contribution in [2.24, 2.45) is 0 Å². The topological polar surface area (TPSA) is 46.6 Å². The van der Waals surface area contributed by atoms with Crippen LogP contribution in [0.15, 0.2) is 12.1 Å². The number of nitrogens with zero attached hydrogens (tertiary/aromatic N) is 1. The minimum absolute atomic E-state index is 0.0243. The Morgan fingerprint density at radius 3 is 2.48 bits per heavy atom. The van der Waals surface area contributed by atoms with Gasteiger partial charge in [0, 0.05) is 13.0 Å². The molecule has 1 fully saturated rings. The fraction of sp³-hybridized carbons (Fsp3) is 0.385. The van der Waals surface area contributed by atoms with Crippen LogP contribution >= 0.6 is 0 Å². The number of hydrogen-bond donors (Lipinski definition) is 0. The van der Waals surface area contributed by atoms with Gasteiger partial charge in [-0.2, -0.15) is 13.2 Å². The third kappa shape index (κ3) is 2.70. The molecule has 0 saturated carbocycles. The van der Waals surface area contributed by atoms with Crippen molar-refractivity contribution in [3.05, 3.63) is 29.1 Å². The van der Waals surface area contributed by atoms with Crippen molar-refractivity contribution in [2.45, 2.75) is 19.0 Å². The molecule has 1 aromatic carbocycles. The van der Waals surface area contributed by atoms with Gasteiger partial charge in [0.05, 0.1) is 23.9 Å². The van der Waals surface area contributed by atoms with Crippen LogP contribution in [0.5, 0.6) is 0 Å². The maximum Gasteiger partial charge on any atom is 0.418 e. The number of hydrogen-bond acceptors (Lipinski definition) is 3. The third-order valence-corrected chi connectivity index (χ3v) is 3.17. The van der Waals surface area contributed by atoms with E-state index in [1.54, 1.807) is 0 Å². The molecule has 21 heavy (non-hydrogen) atoms. The minimum Gasteiger partial charge on any atom is -0.465 e. The third-order valence-electron chi connectivity index (χ3n) is 3.17. The van der Waals surface area contributed by atoms with E-state index in [-0.39, 0.29) is 13.0 Å². The van der Waals surface area contributed by atoms with E-state index in [9.17, 15) is 27.2 Å². The summed E-state index contributed by atoms with van der Waals surface area (Å²) in [5.74, 6) is -3.11. The Balaban J connectivity index is 2.66. The summed E-state index contributed by atoms with van der Waals surface area (Å²) in [5.41, 5.74) is -2.84. The fourth-order valence-corrected chi connectivity index (χ4v) is 2.21. The molecule has 1 amide bonds. The van der Waals surface area contributed by atoms with Crippen LogP contribution in [0.4, 0.5) is 23.2 Å². The molecule has 0 bridgehead atoms. The Hall–Kier alpha value is -2.12. The van der Waals surface area contributed by atoms with Crippen molar-refractivity contribution in [2.75, 3.05) is 18.6 Å². The predicted molar refractivity (Wildman–Crippen MR) is 64.3 cm³/mol. The Morgan fingerprint density at radius 1 is 1.33 bits per heavy atom. The van der Waals surface area contributed by atoms with E-state index >= 15 is 0 Å². The summed E-state index contributed by atoms with van der Waals surface area (Å²) >= 11 is 0. The summed E-state index contributed by atoms with van der Waals surface area (Å²) in [4.78, 5) is 23.8. The molecule has 1 aliphatic heterocycles. The van der Waals surface area contributed by atoms with E-state index in [0.717, 1.165) is 12.0 Å². The van der Waals surface area contributed by atoms with Crippen molar-refractivity contribution < 1.29 is 31.9 Å². The first-order valence-corrected chi connectivity index (χ1v) is 6.05. The van der Waals surface area contributed by atoms with Crippen LogP contribution in [0.3, 0.4) is 0 Å². The van der Waals surface area contributed by atoms with Crippen molar-refractivity contribution in [3.63, 3.8) is 0 Å². The molecule has 0 radical (unpaired) electrons. The summed E-state index contributed by atoms with van der Waals surface area (Å²) in [7, 11) is 0.986. The number of carbonyl (C=O) groups excluding carboxylic acids is 2. The van der Waals surface area contributed by atoms with Gasteiger partial charge in [0.2, 0.25) is 5.91 Å². The molecule has 8 heteroatoms. The fourth-order valence-electron chi connectivity index (χ4n) is 2.21. The van der Waals surface area contributed by atoms with Gasteiger partial charge in [-0.15, -0.1) is 0 Å². The molecule has 0 aliphatic carbocycles. The number of esters is 1. The number of carbonyl (C=O) groups is 2. The number of methoxy groups -OCH3 is 1. The molecule has 1 saturated heterocycles. The van der Waals surface area contributed by atoms with Gasteiger partial charge in [0.1, 0.15) is 0 Å². The van der Waals surface area contributed by atoms with Crippen LogP contribution in [0, 0.1) is 5.82 Å². The van der Waals surface area contributed by atoms with Crippen molar-refractivity contribution in [3.8, 4) is 0 Å². The van der Waals surface area contributed by atoms with Crippen molar-refractivity contribution >= 4 is 17.6 Å². The maximum absolute atomic E-state index is 14.3. The summed E-state index contributed by atoms with van der Waals surface area (Å²) in [6, 6.07) is 1.28. The van der Waals surface area contributed by atoms with E-state index < -0.39 is 40.7 Å². The zero-order chi connectivity index (χ0) is 15.8. The number of ether oxygens (including phenoxy) is 1. The molecular weight excluding hydrogens is 294 g/mol. The zero-order valence-electron chi connectivity index (χ0n) is 11.0. The van der Waals surface area contributed by atoms with Gasteiger partial charge in [-0.3, -0.25) is 4.79 Å². The van der Waals surface area contributed by atoms with E-state index in [1.165, 1.54) is 0 Å².